The summed E-state index contributed by atoms with van der Waals surface area (Å²) in [4.78, 5) is 12.0. The van der Waals surface area contributed by atoms with Crippen molar-refractivity contribution in [3.05, 3.63) is 53.1 Å². The number of hydrogen-bond donors (Lipinski definition) is 3. The van der Waals surface area contributed by atoms with Gasteiger partial charge in [0.2, 0.25) is 0 Å². The van der Waals surface area contributed by atoms with Crippen molar-refractivity contribution in [3.63, 3.8) is 0 Å². The van der Waals surface area contributed by atoms with Crippen LogP contribution in [0.25, 0.3) is 0 Å². The Kier molecular flexibility index (Phi) is 3.39. The SMILES string of the molecule is Nc1c(Cl)cccc1C(=O)Nc1cccc(O)c1. The van der Waals surface area contributed by atoms with E-state index in [1.807, 2.05) is 0 Å². The first-order chi connectivity index (χ1) is 8.58. The third-order valence-electron chi connectivity index (χ3n) is 2.40. The number of nitrogens with one attached hydrogen (secondary N) is 1. The highest BCUT2D eigenvalue weighted by Crippen LogP contribution is 2.23. The van der Waals surface area contributed by atoms with Crippen molar-refractivity contribution in [2.45, 2.75) is 0 Å². The molecule has 0 atom stereocenters. The van der Waals surface area contributed by atoms with Crippen LogP contribution in [0.2, 0.25) is 5.02 Å². The van der Waals surface area contributed by atoms with Crippen molar-refractivity contribution in [1.29, 1.82) is 0 Å². The lowest BCUT2D eigenvalue weighted by atomic mass is 10.1. The Morgan fingerprint density at radius 1 is 1.22 bits per heavy atom. The predicted molar refractivity (Wildman–Crippen MR) is 71.9 cm³/mol. The molecule has 2 aromatic rings. The Bertz CT molecular complexity index is 599. The Morgan fingerprint density at radius 2 is 1.94 bits per heavy atom. The van der Waals surface area contributed by atoms with Gasteiger partial charge in [0.25, 0.3) is 5.91 Å². The van der Waals surface area contributed by atoms with E-state index >= 15 is 0 Å². The fourth-order valence-corrected chi connectivity index (χ4v) is 1.69. The van der Waals surface area contributed by atoms with E-state index in [-0.39, 0.29) is 17.3 Å². The number of hydrogen-bond acceptors (Lipinski definition) is 3. The van der Waals surface area contributed by atoms with Crippen molar-refractivity contribution < 1.29 is 9.90 Å². The van der Waals surface area contributed by atoms with Crippen LogP contribution in [0.5, 0.6) is 5.75 Å². The predicted octanol–water partition coefficient (Wildman–Crippen LogP) is 2.88. The lowest BCUT2D eigenvalue weighted by Gasteiger charge is -2.08. The molecule has 0 aliphatic rings. The molecule has 0 aromatic heterocycles. The average molecular weight is 263 g/mol. The van der Waals surface area contributed by atoms with E-state index in [4.69, 9.17) is 17.3 Å². The van der Waals surface area contributed by atoms with Crippen molar-refractivity contribution in [2.75, 3.05) is 11.1 Å². The fourth-order valence-electron chi connectivity index (χ4n) is 1.52. The molecule has 0 saturated heterocycles. The Morgan fingerprint density at radius 3 is 2.67 bits per heavy atom. The van der Waals surface area contributed by atoms with Gasteiger partial charge in [-0.2, -0.15) is 0 Å². The van der Waals surface area contributed by atoms with Gasteiger partial charge in [0.15, 0.2) is 0 Å². The Balaban J connectivity index is 2.25. The summed E-state index contributed by atoms with van der Waals surface area (Å²) in [5.41, 5.74) is 6.74. The number of aromatic hydroxyl groups is 1. The van der Waals surface area contributed by atoms with Crippen molar-refractivity contribution >= 4 is 28.9 Å². The molecule has 0 bridgehead atoms. The zero-order chi connectivity index (χ0) is 13.1. The lowest BCUT2D eigenvalue weighted by Crippen LogP contribution is -2.14. The topological polar surface area (TPSA) is 75.4 Å². The second-order valence-electron chi connectivity index (χ2n) is 3.71. The summed E-state index contributed by atoms with van der Waals surface area (Å²) in [6.07, 6.45) is 0. The Hall–Kier alpha value is -2.20. The van der Waals surface area contributed by atoms with E-state index < -0.39 is 0 Å². The lowest BCUT2D eigenvalue weighted by molar-refractivity contribution is 0.102. The summed E-state index contributed by atoms with van der Waals surface area (Å²) in [6.45, 7) is 0. The summed E-state index contributed by atoms with van der Waals surface area (Å²) in [5.74, 6) is -0.299. The number of phenols is 1. The molecule has 0 heterocycles. The van der Waals surface area contributed by atoms with E-state index in [0.717, 1.165) is 0 Å². The first-order valence-corrected chi connectivity index (χ1v) is 5.60. The van der Waals surface area contributed by atoms with E-state index in [0.29, 0.717) is 16.3 Å². The van der Waals surface area contributed by atoms with E-state index in [2.05, 4.69) is 5.32 Å². The van der Waals surface area contributed by atoms with E-state index in [1.165, 1.54) is 12.1 Å². The van der Waals surface area contributed by atoms with Crippen LogP contribution in [-0.4, -0.2) is 11.0 Å². The summed E-state index contributed by atoms with van der Waals surface area (Å²) in [7, 11) is 0. The van der Waals surface area contributed by atoms with Crippen molar-refractivity contribution in [1.82, 2.24) is 0 Å². The summed E-state index contributed by atoms with van der Waals surface area (Å²) >= 11 is 5.84. The molecule has 2 aromatic carbocycles. The van der Waals surface area contributed by atoms with Gasteiger partial charge >= 0.3 is 0 Å². The molecule has 0 fully saturated rings. The number of para-hydroxylation sites is 1. The number of anilines is 2. The molecule has 0 radical (unpaired) electrons. The van der Waals surface area contributed by atoms with Crippen molar-refractivity contribution in [3.8, 4) is 5.75 Å². The highest BCUT2D eigenvalue weighted by atomic mass is 35.5. The molecule has 18 heavy (non-hydrogen) atoms. The fraction of sp³-hybridized carbons (Fsp3) is 0. The second kappa shape index (κ2) is 4.98. The number of carbonyl (C=O) groups is 1. The summed E-state index contributed by atoms with van der Waals surface area (Å²) < 4.78 is 0. The molecular weight excluding hydrogens is 252 g/mol. The van der Waals surface area contributed by atoms with Crippen LogP contribution in [0.1, 0.15) is 10.4 Å². The monoisotopic (exact) mass is 262 g/mol. The molecule has 2 rings (SSSR count). The number of halogens is 1. The third kappa shape index (κ3) is 2.55. The minimum Gasteiger partial charge on any atom is -0.508 e. The van der Waals surface area contributed by atoms with Crippen LogP contribution in [0.3, 0.4) is 0 Å². The molecule has 0 spiro atoms. The number of nitrogens with two attached hydrogens (primary N) is 1. The first kappa shape index (κ1) is 12.3. The zero-order valence-corrected chi connectivity index (χ0v) is 10.1. The number of amides is 1. The first-order valence-electron chi connectivity index (χ1n) is 5.22. The molecule has 4 nitrogen and oxygen atoms in total. The van der Waals surface area contributed by atoms with Gasteiger partial charge in [0.1, 0.15) is 5.75 Å². The van der Waals surface area contributed by atoms with Gasteiger partial charge in [0, 0.05) is 11.8 Å². The number of carbonyl (C=O) groups excluding carboxylic acids is 1. The molecular formula is C13H11ClN2O2. The van der Waals surface area contributed by atoms with Gasteiger partial charge in [-0.25, -0.2) is 0 Å². The van der Waals surface area contributed by atoms with Crippen LogP contribution >= 0.6 is 11.6 Å². The molecule has 0 saturated carbocycles. The minimum absolute atomic E-state index is 0.0758. The van der Waals surface area contributed by atoms with Crippen molar-refractivity contribution in [2.24, 2.45) is 0 Å². The van der Waals surface area contributed by atoms with Gasteiger partial charge in [-0.3, -0.25) is 4.79 Å². The molecule has 5 heteroatoms. The smallest absolute Gasteiger partial charge is 0.257 e. The zero-order valence-electron chi connectivity index (χ0n) is 9.35. The number of benzene rings is 2. The highest BCUT2D eigenvalue weighted by molar-refractivity contribution is 6.34. The molecule has 0 aliphatic carbocycles. The van der Waals surface area contributed by atoms with Crippen LogP contribution < -0.4 is 11.1 Å². The molecule has 4 N–H and O–H groups in total. The number of nitrogen functional groups attached to an aromatic ring is 1. The van der Waals surface area contributed by atoms with E-state index in [1.54, 1.807) is 30.3 Å². The quantitative estimate of drug-likeness (QED) is 0.729. The van der Waals surface area contributed by atoms with Gasteiger partial charge in [-0.15, -0.1) is 0 Å². The number of rotatable bonds is 2. The van der Waals surface area contributed by atoms with Gasteiger partial charge in [0.05, 0.1) is 16.3 Å². The second-order valence-corrected chi connectivity index (χ2v) is 4.11. The molecule has 92 valence electrons. The van der Waals surface area contributed by atoms with E-state index in [9.17, 15) is 9.90 Å². The largest absolute Gasteiger partial charge is 0.508 e. The molecule has 0 aliphatic heterocycles. The summed E-state index contributed by atoms with van der Waals surface area (Å²) in [5, 5.41) is 12.3. The summed E-state index contributed by atoms with van der Waals surface area (Å²) in [6, 6.07) is 11.1. The highest BCUT2D eigenvalue weighted by Gasteiger charge is 2.11. The normalized spacial score (nSPS) is 10.1. The van der Waals surface area contributed by atoms with Crippen LogP contribution in [0.15, 0.2) is 42.5 Å². The average Bonchev–Trinajstić information content (AvgIpc) is 2.32. The van der Waals surface area contributed by atoms with Gasteiger partial charge in [-0.05, 0) is 24.3 Å². The van der Waals surface area contributed by atoms with Crippen LogP contribution in [-0.2, 0) is 0 Å². The maximum absolute atomic E-state index is 12.0. The Labute approximate surface area is 109 Å². The van der Waals surface area contributed by atoms with Crippen LogP contribution in [0, 0.1) is 0 Å². The van der Waals surface area contributed by atoms with Gasteiger partial charge < -0.3 is 16.2 Å². The van der Waals surface area contributed by atoms with Crippen LogP contribution in [0.4, 0.5) is 11.4 Å². The molecule has 1 amide bonds. The molecule has 0 unspecified atom stereocenters. The maximum Gasteiger partial charge on any atom is 0.257 e. The maximum atomic E-state index is 12.0. The minimum atomic E-state index is -0.374. The number of phenolic OH excluding ortho intramolecular Hbond substituents is 1. The standard InChI is InChI=1S/C13H11ClN2O2/c14-11-6-2-5-10(12(11)15)13(18)16-8-3-1-4-9(17)7-8/h1-7,17H,15H2,(H,16,18). The van der Waals surface area contributed by atoms with Gasteiger partial charge in [-0.1, -0.05) is 23.7 Å². The third-order valence-corrected chi connectivity index (χ3v) is 2.73.